The summed E-state index contributed by atoms with van der Waals surface area (Å²) in [7, 11) is 0. The summed E-state index contributed by atoms with van der Waals surface area (Å²) in [4.78, 5) is 28.0. The first-order chi connectivity index (χ1) is 13.0. The van der Waals surface area contributed by atoms with Gasteiger partial charge in [-0.05, 0) is 42.5 Å². The van der Waals surface area contributed by atoms with Gasteiger partial charge >= 0.3 is 0 Å². The van der Waals surface area contributed by atoms with Gasteiger partial charge in [0.2, 0.25) is 11.8 Å². The Balaban J connectivity index is 1.85. The lowest BCUT2D eigenvalue weighted by atomic mass is 10.1. The van der Waals surface area contributed by atoms with Gasteiger partial charge in [-0.3, -0.25) is 14.2 Å². The summed E-state index contributed by atoms with van der Waals surface area (Å²) in [6.45, 7) is 1.43. The number of hydrogen-bond donors (Lipinski definition) is 2. The molecule has 1 aliphatic heterocycles. The average molecular weight is 395 g/mol. The van der Waals surface area contributed by atoms with E-state index in [1.165, 1.54) is 11.5 Å². The molecule has 0 fully saturated rings. The maximum atomic E-state index is 12.4. The van der Waals surface area contributed by atoms with Crippen LogP contribution in [0.5, 0.6) is 5.88 Å². The predicted octanol–water partition coefficient (Wildman–Crippen LogP) is 2.29. The fourth-order valence-corrected chi connectivity index (χ4v) is 4.32. The van der Waals surface area contributed by atoms with Crippen LogP contribution in [0.1, 0.15) is 11.8 Å². The minimum atomic E-state index is -0.393. The van der Waals surface area contributed by atoms with Gasteiger partial charge in [-0.15, -0.1) is 11.3 Å². The summed E-state index contributed by atoms with van der Waals surface area (Å²) < 4.78 is 1.90. The average Bonchev–Trinajstić information content (AvgIpc) is 3.10. The minimum absolute atomic E-state index is 0.104. The van der Waals surface area contributed by atoms with Gasteiger partial charge in [0.25, 0.3) is 5.91 Å². The Kier molecular flexibility index (Phi) is 4.21. The van der Waals surface area contributed by atoms with Crippen molar-refractivity contribution < 1.29 is 14.7 Å². The molecule has 134 valence electrons. The van der Waals surface area contributed by atoms with Crippen LogP contribution >= 0.6 is 23.6 Å². The fourth-order valence-electron chi connectivity index (χ4n) is 2.94. The number of carbonyl (C=O) groups excluding carboxylic acids is 2. The molecule has 8 heteroatoms. The molecule has 27 heavy (non-hydrogen) atoms. The number of thiazole rings is 1. The first-order valence-corrected chi connectivity index (χ1v) is 9.24. The number of benzene rings is 2. The molecule has 4 rings (SSSR count). The zero-order valence-electron chi connectivity index (χ0n) is 14.1. The van der Waals surface area contributed by atoms with Crippen molar-refractivity contribution in [3.63, 3.8) is 0 Å². The Labute approximate surface area is 162 Å². The van der Waals surface area contributed by atoms with E-state index in [2.05, 4.69) is 10.3 Å². The highest BCUT2D eigenvalue weighted by Crippen LogP contribution is 2.35. The van der Waals surface area contributed by atoms with E-state index in [4.69, 9.17) is 12.2 Å². The SMILES string of the molecule is CC(=O)Nc1ccc(-n2c(O)c(C3=c4ccccc4=NC3=O)sc2=S)cc1. The number of carbonyl (C=O) groups is 2. The lowest BCUT2D eigenvalue weighted by Crippen LogP contribution is -2.22. The van der Waals surface area contributed by atoms with Gasteiger partial charge in [-0.2, -0.15) is 0 Å². The highest BCUT2D eigenvalue weighted by molar-refractivity contribution is 7.73. The van der Waals surface area contributed by atoms with Crippen molar-refractivity contribution in [1.82, 2.24) is 4.57 Å². The lowest BCUT2D eigenvalue weighted by Gasteiger charge is -2.07. The molecular formula is C19H13N3O3S2. The van der Waals surface area contributed by atoms with Crippen LogP contribution in [0, 0.1) is 3.95 Å². The predicted molar refractivity (Wildman–Crippen MR) is 105 cm³/mol. The van der Waals surface area contributed by atoms with E-state index in [9.17, 15) is 14.7 Å². The molecule has 0 atom stereocenters. The molecule has 2 amide bonds. The van der Waals surface area contributed by atoms with E-state index in [1.807, 2.05) is 12.1 Å². The van der Waals surface area contributed by atoms with E-state index in [1.54, 1.807) is 36.4 Å². The topological polar surface area (TPSA) is 83.7 Å². The Morgan fingerprint density at radius 1 is 1.19 bits per heavy atom. The molecule has 0 saturated heterocycles. The van der Waals surface area contributed by atoms with Gasteiger partial charge in [0, 0.05) is 17.8 Å². The molecule has 0 spiro atoms. The molecule has 0 unspecified atom stereocenters. The normalized spacial score (nSPS) is 12.6. The van der Waals surface area contributed by atoms with Crippen molar-refractivity contribution in [3.8, 4) is 11.6 Å². The van der Waals surface area contributed by atoms with Gasteiger partial charge in [0.15, 0.2) is 3.95 Å². The summed E-state index contributed by atoms with van der Waals surface area (Å²) in [6.07, 6.45) is 0. The Bertz CT molecular complexity index is 1270. The summed E-state index contributed by atoms with van der Waals surface area (Å²) >= 11 is 6.57. The maximum absolute atomic E-state index is 12.4. The quantitative estimate of drug-likeness (QED) is 0.667. The second-order valence-corrected chi connectivity index (χ2v) is 7.54. The smallest absolute Gasteiger partial charge is 0.279 e. The van der Waals surface area contributed by atoms with Crippen LogP contribution in [0.25, 0.3) is 11.3 Å². The molecule has 0 saturated carbocycles. The summed E-state index contributed by atoms with van der Waals surface area (Å²) in [5.41, 5.74) is 1.62. The lowest BCUT2D eigenvalue weighted by molar-refractivity contribution is -0.114. The summed E-state index contributed by atoms with van der Waals surface area (Å²) in [5.74, 6) is -0.665. The number of aromatic nitrogens is 1. The summed E-state index contributed by atoms with van der Waals surface area (Å²) in [6, 6.07) is 14.1. The van der Waals surface area contributed by atoms with E-state index in [-0.39, 0.29) is 11.8 Å². The van der Waals surface area contributed by atoms with Crippen LogP contribution in [0.2, 0.25) is 0 Å². The van der Waals surface area contributed by atoms with Crippen molar-refractivity contribution in [2.24, 2.45) is 4.99 Å². The highest BCUT2D eigenvalue weighted by Gasteiger charge is 2.25. The number of hydrogen-bond acceptors (Lipinski definition) is 5. The summed E-state index contributed by atoms with van der Waals surface area (Å²) in [5, 5.41) is 14.8. The molecule has 1 aliphatic rings. The second kappa shape index (κ2) is 6.57. The molecule has 2 N–H and O–H groups in total. The van der Waals surface area contributed by atoms with Crippen molar-refractivity contribution >= 4 is 46.6 Å². The monoisotopic (exact) mass is 395 g/mol. The number of anilines is 1. The van der Waals surface area contributed by atoms with E-state index in [0.717, 1.165) is 11.3 Å². The molecular weight excluding hydrogens is 382 g/mol. The van der Waals surface area contributed by atoms with Crippen LogP contribution in [0.4, 0.5) is 5.69 Å². The standard InChI is InChI=1S/C19H13N3O3S2/c1-10(23)20-11-6-8-12(9-7-11)22-18(25)16(27-19(22)26)15-13-4-2-3-5-14(13)21-17(15)24/h2-9,25H,1H3,(H,20,23). The van der Waals surface area contributed by atoms with Gasteiger partial charge in [-0.25, -0.2) is 4.99 Å². The second-order valence-electron chi connectivity index (χ2n) is 5.89. The third-order valence-electron chi connectivity index (χ3n) is 4.07. The number of amides is 2. The van der Waals surface area contributed by atoms with Crippen molar-refractivity contribution in [1.29, 1.82) is 0 Å². The Hall–Kier alpha value is -3.10. The van der Waals surface area contributed by atoms with Crippen molar-refractivity contribution in [2.75, 3.05) is 5.32 Å². The number of aromatic hydroxyl groups is 1. The number of para-hydroxylation sites is 1. The number of nitrogens with zero attached hydrogens (tertiary/aromatic N) is 2. The Morgan fingerprint density at radius 2 is 1.89 bits per heavy atom. The van der Waals surface area contributed by atoms with E-state index >= 15 is 0 Å². The van der Waals surface area contributed by atoms with Crippen LogP contribution in [0.15, 0.2) is 53.5 Å². The zero-order chi connectivity index (χ0) is 19.1. The Morgan fingerprint density at radius 3 is 2.59 bits per heavy atom. The van der Waals surface area contributed by atoms with Crippen molar-refractivity contribution in [3.05, 3.63) is 67.9 Å². The van der Waals surface area contributed by atoms with Gasteiger partial charge in [0.1, 0.15) is 4.88 Å². The van der Waals surface area contributed by atoms with Gasteiger partial charge in [-0.1, -0.05) is 18.2 Å². The number of nitrogens with one attached hydrogen (secondary N) is 1. The fraction of sp³-hybridized carbons (Fsp3) is 0.0526. The molecule has 3 aromatic rings. The van der Waals surface area contributed by atoms with Gasteiger partial charge < -0.3 is 10.4 Å². The van der Waals surface area contributed by atoms with E-state index in [0.29, 0.717) is 36.4 Å². The zero-order valence-corrected chi connectivity index (χ0v) is 15.7. The molecule has 6 nitrogen and oxygen atoms in total. The number of fused-ring (bicyclic) bond motifs is 1. The third kappa shape index (κ3) is 2.98. The minimum Gasteiger partial charge on any atom is -0.493 e. The molecule has 0 aliphatic carbocycles. The third-order valence-corrected chi connectivity index (χ3v) is 5.45. The van der Waals surface area contributed by atoms with Crippen LogP contribution in [-0.2, 0) is 9.59 Å². The molecule has 2 aromatic carbocycles. The van der Waals surface area contributed by atoms with Crippen LogP contribution < -0.4 is 15.9 Å². The first-order valence-electron chi connectivity index (χ1n) is 8.01. The van der Waals surface area contributed by atoms with Crippen molar-refractivity contribution in [2.45, 2.75) is 6.92 Å². The molecule has 0 bridgehead atoms. The highest BCUT2D eigenvalue weighted by atomic mass is 32.1. The molecule has 2 heterocycles. The molecule has 1 aromatic heterocycles. The molecule has 0 radical (unpaired) electrons. The van der Waals surface area contributed by atoms with Gasteiger partial charge in [0.05, 0.1) is 16.6 Å². The van der Waals surface area contributed by atoms with Crippen LogP contribution in [-0.4, -0.2) is 21.5 Å². The number of rotatable bonds is 3. The maximum Gasteiger partial charge on any atom is 0.279 e. The van der Waals surface area contributed by atoms with E-state index < -0.39 is 5.91 Å². The largest absolute Gasteiger partial charge is 0.493 e. The van der Waals surface area contributed by atoms with Crippen LogP contribution in [0.3, 0.4) is 0 Å². The first kappa shape index (κ1) is 17.3.